The van der Waals surface area contributed by atoms with Gasteiger partial charge in [-0.15, -0.1) is 10.2 Å². The third-order valence-electron chi connectivity index (χ3n) is 5.46. The number of benzene rings is 1. The molecule has 2 aromatic rings. The highest BCUT2D eigenvalue weighted by atomic mass is 16.7. The molecule has 4 rings (SSSR count). The van der Waals surface area contributed by atoms with Crippen LogP contribution in [0, 0.1) is 6.92 Å². The molecule has 0 amide bonds. The Balaban J connectivity index is 1.49. The minimum absolute atomic E-state index is 0.293. The van der Waals surface area contributed by atoms with Gasteiger partial charge >= 0.3 is 0 Å². The number of hydrogen-bond donors (Lipinski definition) is 1. The van der Waals surface area contributed by atoms with Gasteiger partial charge in [-0.25, -0.2) is 4.99 Å². The van der Waals surface area contributed by atoms with Gasteiger partial charge in [-0.3, -0.25) is 0 Å². The fourth-order valence-corrected chi connectivity index (χ4v) is 3.65. The first-order valence-corrected chi connectivity index (χ1v) is 9.85. The molecule has 1 saturated carbocycles. The van der Waals surface area contributed by atoms with E-state index in [1.54, 1.807) is 0 Å². The van der Waals surface area contributed by atoms with E-state index in [2.05, 4.69) is 33.5 Å². The molecule has 8 heteroatoms. The summed E-state index contributed by atoms with van der Waals surface area (Å²) in [4.78, 5) is 7.00. The minimum atomic E-state index is 0.293. The topological polar surface area (TPSA) is 76.8 Å². The van der Waals surface area contributed by atoms with Gasteiger partial charge in [0.1, 0.15) is 12.4 Å². The Morgan fingerprint density at radius 2 is 2.04 bits per heavy atom. The van der Waals surface area contributed by atoms with Crippen molar-refractivity contribution < 1.29 is 9.47 Å². The summed E-state index contributed by atoms with van der Waals surface area (Å²) in [6, 6.07) is 6.57. The van der Waals surface area contributed by atoms with Crippen LogP contribution in [0.1, 0.15) is 42.9 Å². The number of rotatable bonds is 5. The summed E-state index contributed by atoms with van der Waals surface area (Å²) in [6.45, 7) is 3.47. The van der Waals surface area contributed by atoms with Crippen molar-refractivity contribution >= 4 is 5.96 Å². The van der Waals surface area contributed by atoms with Crippen molar-refractivity contribution in [2.24, 2.45) is 12.0 Å². The van der Waals surface area contributed by atoms with E-state index in [4.69, 9.17) is 14.5 Å². The van der Waals surface area contributed by atoms with Crippen LogP contribution in [0.3, 0.4) is 0 Å². The molecule has 150 valence electrons. The molecule has 2 aliphatic rings. The second-order valence-corrected chi connectivity index (χ2v) is 7.53. The van der Waals surface area contributed by atoms with Gasteiger partial charge in [-0.1, -0.05) is 18.9 Å². The number of nitrogens with zero attached hydrogens (tertiary/aromatic N) is 5. The molecular formula is C20H28N6O2. The summed E-state index contributed by atoms with van der Waals surface area (Å²) >= 11 is 0. The second kappa shape index (κ2) is 8.08. The first kappa shape index (κ1) is 18.6. The maximum atomic E-state index is 5.51. The van der Waals surface area contributed by atoms with Crippen molar-refractivity contribution in [3.05, 3.63) is 35.4 Å². The van der Waals surface area contributed by atoms with E-state index in [1.165, 1.54) is 25.7 Å². The monoisotopic (exact) mass is 384 g/mol. The van der Waals surface area contributed by atoms with Gasteiger partial charge in [0.05, 0.1) is 0 Å². The fourth-order valence-electron chi connectivity index (χ4n) is 3.65. The van der Waals surface area contributed by atoms with Crippen molar-refractivity contribution in [3.63, 3.8) is 0 Å². The number of nitrogens with one attached hydrogen (secondary N) is 1. The molecule has 1 aliphatic carbocycles. The normalized spacial score (nSPS) is 16.6. The SMILES string of the molecule is Cc1nnc(CN=C(NC2CCCC2)N(C)Cc2ccc3c(c2)OCO3)n1C. The van der Waals surface area contributed by atoms with Gasteiger partial charge in [0.15, 0.2) is 23.3 Å². The van der Waals surface area contributed by atoms with Crippen LogP contribution in [0.15, 0.2) is 23.2 Å². The van der Waals surface area contributed by atoms with Crippen molar-refractivity contribution in [1.82, 2.24) is 25.0 Å². The van der Waals surface area contributed by atoms with Crippen LogP contribution in [-0.2, 0) is 20.1 Å². The lowest BCUT2D eigenvalue weighted by Gasteiger charge is -2.25. The van der Waals surface area contributed by atoms with Gasteiger partial charge in [0.25, 0.3) is 0 Å². The highest BCUT2D eigenvalue weighted by Gasteiger charge is 2.19. The number of aromatic nitrogens is 3. The van der Waals surface area contributed by atoms with Crippen LogP contribution in [0.2, 0.25) is 0 Å². The summed E-state index contributed by atoms with van der Waals surface area (Å²) in [7, 11) is 4.04. The number of fused-ring (bicyclic) bond motifs is 1. The lowest BCUT2D eigenvalue weighted by atomic mass is 10.2. The molecule has 2 heterocycles. The highest BCUT2D eigenvalue weighted by molar-refractivity contribution is 5.80. The number of guanidine groups is 1. The molecule has 0 atom stereocenters. The molecule has 0 unspecified atom stereocenters. The first-order chi connectivity index (χ1) is 13.6. The second-order valence-electron chi connectivity index (χ2n) is 7.53. The van der Waals surface area contributed by atoms with Crippen LogP contribution >= 0.6 is 0 Å². The molecule has 0 saturated heterocycles. The zero-order valence-corrected chi connectivity index (χ0v) is 16.8. The molecule has 8 nitrogen and oxygen atoms in total. The minimum Gasteiger partial charge on any atom is -0.454 e. The fraction of sp³-hybridized carbons (Fsp3) is 0.550. The Morgan fingerprint density at radius 1 is 1.25 bits per heavy atom. The molecule has 1 aliphatic heterocycles. The smallest absolute Gasteiger partial charge is 0.231 e. The van der Waals surface area contributed by atoms with Crippen LogP contribution in [0.25, 0.3) is 0 Å². The molecular weight excluding hydrogens is 356 g/mol. The van der Waals surface area contributed by atoms with Gasteiger partial charge < -0.3 is 24.3 Å². The van der Waals surface area contributed by atoms with E-state index < -0.39 is 0 Å². The van der Waals surface area contributed by atoms with Crippen LogP contribution in [0.5, 0.6) is 11.5 Å². The van der Waals surface area contributed by atoms with E-state index >= 15 is 0 Å². The lowest BCUT2D eigenvalue weighted by molar-refractivity contribution is 0.174. The Labute approximate surface area is 165 Å². The van der Waals surface area contributed by atoms with Crippen molar-refractivity contribution in [2.45, 2.75) is 51.7 Å². The Kier molecular flexibility index (Phi) is 5.36. The molecule has 1 N–H and O–H groups in total. The molecule has 0 radical (unpaired) electrons. The predicted octanol–water partition coefficient (Wildman–Crippen LogP) is 2.37. The van der Waals surface area contributed by atoms with Crippen LogP contribution in [0.4, 0.5) is 0 Å². The Bertz CT molecular complexity index is 856. The maximum absolute atomic E-state index is 5.51. The number of ether oxygens (including phenoxy) is 2. The van der Waals surface area contributed by atoms with Crippen molar-refractivity contribution in [2.75, 3.05) is 13.8 Å². The van der Waals surface area contributed by atoms with E-state index in [0.717, 1.165) is 41.2 Å². The third kappa shape index (κ3) is 4.05. The molecule has 28 heavy (non-hydrogen) atoms. The zero-order chi connectivity index (χ0) is 19.5. The summed E-state index contributed by atoms with van der Waals surface area (Å²) in [5.41, 5.74) is 1.15. The first-order valence-electron chi connectivity index (χ1n) is 9.85. The van der Waals surface area contributed by atoms with Crippen molar-refractivity contribution in [1.29, 1.82) is 0 Å². The quantitative estimate of drug-likeness (QED) is 0.630. The molecule has 1 aromatic carbocycles. The molecule has 1 fully saturated rings. The molecule has 0 bridgehead atoms. The largest absolute Gasteiger partial charge is 0.454 e. The van der Waals surface area contributed by atoms with Gasteiger partial charge in [-0.05, 0) is 37.5 Å². The Hall–Kier alpha value is -2.77. The average molecular weight is 384 g/mol. The van der Waals surface area contributed by atoms with E-state index in [1.807, 2.05) is 30.7 Å². The highest BCUT2D eigenvalue weighted by Crippen LogP contribution is 2.32. The maximum Gasteiger partial charge on any atom is 0.231 e. The number of aliphatic imine (C=N–C) groups is 1. The van der Waals surface area contributed by atoms with E-state index in [0.29, 0.717) is 19.4 Å². The van der Waals surface area contributed by atoms with Gasteiger partial charge in [0, 0.05) is 26.7 Å². The van der Waals surface area contributed by atoms with E-state index in [-0.39, 0.29) is 0 Å². The molecule has 0 spiro atoms. The predicted molar refractivity (Wildman–Crippen MR) is 106 cm³/mol. The summed E-state index contributed by atoms with van der Waals surface area (Å²) < 4.78 is 12.9. The summed E-state index contributed by atoms with van der Waals surface area (Å²) in [5, 5.41) is 12.0. The van der Waals surface area contributed by atoms with Crippen molar-refractivity contribution in [3.8, 4) is 11.5 Å². The van der Waals surface area contributed by atoms with Crippen LogP contribution in [-0.4, -0.2) is 45.5 Å². The summed E-state index contributed by atoms with van der Waals surface area (Å²) in [5.74, 6) is 4.26. The Morgan fingerprint density at radius 3 is 2.79 bits per heavy atom. The third-order valence-corrected chi connectivity index (χ3v) is 5.46. The standard InChI is InChI=1S/C20H28N6O2/c1-14-23-24-19(26(14)3)11-21-20(22-16-6-4-5-7-16)25(2)12-15-8-9-17-18(10-15)28-13-27-17/h8-10,16H,4-7,11-13H2,1-3H3,(H,21,22). The average Bonchev–Trinajstić information content (AvgIpc) is 3.42. The zero-order valence-electron chi connectivity index (χ0n) is 16.8. The lowest BCUT2D eigenvalue weighted by Crippen LogP contribution is -2.43. The van der Waals surface area contributed by atoms with Gasteiger partial charge in [-0.2, -0.15) is 0 Å². The van der Waals surface area contributed by atoms with Gasteiger partial charge in [0.2, 0.25) is 6.79 Å². The number of aryl methyl sites for hydroxylation is 1. The summed E-state index contributed by atoms with van der Waals surface area (Å²) in [6.07, 6.45) is 4.94. The van der Waals surface area contributed by atoms with Crippen LogP contribution < -0.4 is 14.8 Å². The molecule has 1 aromatic heterocycles. The number of hydrogen-bond acceptors (Lipinski definition) is 5. The van der Waals surface area contributed by atoms with E-state index in [9.17, 15) is 0 Å².